The first-order valence-corrected chi connectivity index (χ1v) is 5.50. The molecule has 0 aliphatic heterocycles. The minimum absolute atomic E-state index is 0.708. The Labute approximate surface area is 78.0 Å². The summed E-state index contributed by atoms with van der Waals surface area (Å²) in [6.45, 7) is 3.97. The van der Waals surface area contributed by atoms with Crippen LogP contribution in [-0.4, -0.2) is 19.5 Å². The molecule has 2 heterocycles. The van der Waals surface area contributed by atoms with E-state index in [0.29, 0.717) is 14.5 Å². The SMILES string of the molecule is Cc1ccc[se]1.Cc1ncco1. The third-order valence-corrected chi connectivity index (χ3v) is 2.90. The fourth-order valence-corrected chi connectivity index (χ4v) is 1.77. The van der Waals surface area contributed by atoms with Gasteiger partial charge in [0.2, 0.25) is 0 Å². The maximum atomic E-state index is 4.72. The second kappa shape index (κ2) is 4.96. The van der Waals surface area contributed by atoms with Crippen LogP contribution in [0.15, 0.2) is 34.0 Å². The molecule has 2 aromatic heterocycles. The van der Waals surface area contributed by atoms with Gasteiger partial charge in [0.1, 0.15) is 6.26 Å². The van der Waals surface area contributed by atoms with E-state index in [1.54, 1.807) is 19.4 Å². The number of oxazole rings is 1. The minimum Gasteiger partial charge on any atom is -0.449 e. The number of rotatable bonds is 0. The monoisotopic (exact) mass is 229 g/mol. The van der Waals surface area contributed by atoms with Crippen LogP contribution in [0.25, 0.3) is 0 Å². The normalized spacial score (nSPS) is 8.83. The third kappa shape index (κ3) is 3.56. The smallest absolute Gasteiger partial charge is 0.190 e. The maximum absolute atomic E-state index is 4.72. The molecule has 0 aliphatic carbocycles. The van der Waals surface area contributed by atoms with Gasteiger partial charge in [0.15, 0.2) is 5.89 Å². The van der Waals surface area contributed by atoms with E-state index < -0.39 is 0 Å². The summed E-state index contributed by atoms with van der Waals surface area (Å²) in [7, 11) is 0. The summed E-state index contributed by atoms with van der Waals surface area (Å²) in [5, 5.41) is 0. The second-order valence-electron chi connectivity index (χ2n) is 2.27. The fourth-order valence-electron chi connectivity index (χ4n) is 0.655. The second-order valence-corrected chi connectivity index (χ2v) is 4.69. The molecule has 0 unspecified atom stereocenters. The van der Waals surface area contributed by atoms with E-state index >= 15 is 0 Å². The van der Waals surface area contributed by atoms with Crippen LogP contribution in [0.2, 0.25) is 0 Å². The Bertz CT molecular complexity index is 254. The number of hydrogen-bond acceptors (Lipinski definition) is 2. The van der Waals surface area contributed by atoms with Crippen molar-refractivity contribution in [2.45, 2.75) is 13.8 Å². The van der Waals surface area contributed by atoms with Crippen molar-refractivity contribution in [3.05, 3.63) is 39.9 Å². The third-order valence-electron chi connectivity index (χ3n) is 1.22. The molecule has 0 atom stereocenters. The van der Waals surface area contributed by atoms with Gasteiger partial charge in [-0.3, -0.25) is 0 Å². The summed E-state index contributed by atoms with van der Waals surface area (Å²) >= 11 is 0.708. The van der Waals surface area contributed by atoms with Gasteiger partial charge in [-0.25, -0.2) is 4.98 Å². The summed E-state index contributed by atoms with van der Waals surface area (Å²) < 4.78 is 6.25. The Hall–Kier alpha value is -0.791. The van der Waals surface area contributed by atoms with Gasteiger partial charge in [0.25, 0.3) is 0 Å². The van der Waals surface area contributed by atoms with Crippen molar-refractivity contribution in [1.29, 1.82) is 0 Å². The molecule has 0 aromatic carbocycles. The molecule has 2 aromatic rings. The molecule has 0 bridgehead atoms. The summed E-state index contributed by atoms with van der Waals surface area (Å²) in [5.41, 5.74) is 0. The van der Waals surface area contributed by atoms with Crippen molar-refractivity contribution in [3.63, 3.8) is 0 Å². The maximum Gasteiger partial charge on any atom is 0.190 e. The van der Waals surface area contributed by atoms with E-state index in [4.69, 9.17) is 4.42 Å². The van der Waals surface area contributed by atoms with Crippen molar-refractivity contribution in [1.82, 2.24) is 4.98 Å². The first-order chi connectivity index (χ1) is 5.79. The van der Waals surface area contributed by atoms with Crippen LogP contribution < -0.4 is 0 Å². The van der Waals surface area contributed by atoms with Crippen LogP contribution in [0.1, 0.15) is 10.3 Å². The Morgan fingerprint density at radius 3 is 2.42 bits per heavy atom. The predicted octanol–water partition coefficient (Wildman–Crippen LogP) is 2.04. The summed E-state index contributed by atoms with van der Waals surface area (Å²) in [6, 6.07) is 4.29. The molecule has 64 valence electrons. The van der Waals surface area contributed by atoms with Crippen LogP contribution in [0.3, 0.4) is 0 Å². The van der Waals surface area contributed by atoms with Crippen molar-refractivity contribution < 1.29 is 4.42 Å². The average molecular weight is 228 g/mol. The van der Waals surface area contributed by atoms with Crippen LogP contribution in [0, 0.1) is 13.8 Å². The number of aryl methyl sites for hydroxylation is 2. The van der Waals surface area contributed by atoms with E-state index in [1.807, 2.05) is 0 Å². The van der Waals surface area contributed by atoms with Gasteiger partial charge >= 0.3 is 42.9 Å². The fraction of sp³-hybridized carbons (Fsp3) is 0.222. The molecule has 0 saturated heterocycles. The minimum atomic E-state index is 0.708. The van der Waals surface area contributed by atoms with Gasteiger partial charge in [-0.15, -0.1) is 0 Å². The van der Waals surface area contributed by atoms with E-state index in [1.165, 1.54) is 4.44 Å². The van der Waals surface area contributed by atoms with Crippen LogP contribution >= 0.6 is 0 Å². The molecule has 2 rings (SSSR count). The summed E-state index contributed by atoms with van der Waals surface area (Å²) in [6.07, 6.45) is 3.17. The molecular formula is C9H11NOSe. The number of nitrogens with zero attached hydrogens (tertiary/aromatic N) is 1. The summed E-state index contributed by atoms with van der Waals surface area (Å²) in [4.78, 5) is 5.97. The molecule has 2 nitrogen and oxygen atoms in total. The van der Waals surface area contributed by atoms with Crippen LogP contribution in [0.4, 0.5) is 0 Å². The van der Waals surface area contributed by atoms with Crippen molar-refractivity contribution in [2.24, 2.45) is 0 Å². The van der Waals surface area contributed by atoms with Gasteiger partial charge in [0.05, 0.1) is 6.20 Å². The molecule has 0 N–H and O–H groups in total. The van der Waals surface area contributed by atoms with E-state index in [0.717, 1.165) is 5.89 Å². The Morgan fingerprint density at radius 1 is 1.42 bits per heavy atom. The first-order valence-electron chi connectivity index (χ1n) is 3.65. The Balaban J connectivity index is 0.000000120. The number of aromatic nitrogens is 1. The molecule has 0 radical (unpaired) electrons. The van der Waals surface area contributed by atoms with Crippen molar-refractivity contribution in [2.75, 3.05) is 0 Å². The van der Waals surface area contributed by atoms with Gasteiger partial charge in [-0.2, -0.15) is 0 Å². The molecule has 12 heavy (non-hydrogen) atoms. The predicted molar refractivity (Wildman–Crippen MR) is 49.4 cm³/mol. The van der Waals surface area contributed by atoms with E-state index in [2.05, 4.69) is 29.0 Å². The standard InChI is InChI=1S/C5H6Se.C4H5NO/c1-5-3-2-4-6-5;1-4-5-2-3-6-4/h2-4H,1H3;2-3H,1H3. The quantitative estimate of drug-likeness (QED) is 0.645. The average Bonchev–Trinajstić information content (AvgIpc) is 2.63. The van der Waals surface area contributed by atoms with Crippen LogP contribution in [0.5, 0.6) is 0 Å². The molecule has 0 saturated carbocycles. The summed E-state index contributed by atoms with van der Waals surface area (Å²) in [5.74, 6) is 0.718. The van der Waals surface area contributed by atoms with Gasteiger partial charge in [-0.05, 0) is 0 Å². The van der Waals surface area contributed by atoms with Crippen LogP contribution in [-0.2, 0) is 0 Å². The first kappa shape index (κ1) is 9.30. The molecule has 0 amide bonds. The van der Waals surface area contributed by atoms with E-state index in [9.17, 15) is 0 Å². The molecule has 0 aliphatic rings. The Kier molecular flexibility index (Phi) is 3.85. The van der Waals surface area contributed by atoms with Gasteiger partial charge < -0.3 is 4.42 Å². The topological polar surface area (TPSA) is 26.0 Å². The molecule has 0 spiro atoms. The zero-order valence-electron chi connectivity index (χ0n) is 7.15. The van der Waals surface area contributed by atoms with Gasteiger partial charge in [-0.1, -0.05) is 0 Å². The van der Waals surface area contributed by atoms with Crippen molar-refractivity contribution >= 4 is 14.5 Å². The van der Waals surface area contributed by atoms with Crippen molar-refractivity contribution in [3.8, 4) is 0 Å². The Morgan fingerprint density at radius 2 is 2.25 bits per heavy atom. The van der Waals surface area contributed by atoms with Gasteiger partial charge in [0, 0.05) is 6.92 Å². The molecular weight excluding hydrogens is 217 g/mol. The number of hydrogen-bond donors (Lipinski definition) is 0. The van der Waals surface area contributed by atoms with E-state index in [-0.39, 0.29) is 0 Å². The molecule has 3 heteroatoms. The zero-order valence-corrected chi connectivity index (χ0v) is 8.86. The molecule has 0 fully saturated rings. The zero-order chi connectivity index (χ0) is 8.81. The largest absolute Gasteiger partial charge is 0.449 e.